The number of nitrogens with one attached hydrogen (secondary N) is 2. The van der Waals surface area contributed by atoms with Crippen molar-refractivity contribution in [1.29, 1.82) is 0 Å². The molecule has 2 N–H and O–H groups in total. The Bertz CT molecular complexity index is 1440. The summed E-state index contributed by atoms with van der Waals surface area (Å²) in [5.41, 5.74) is 1.06. The predicted molar refractivity (Wildman–Crippen MR) is 144 cm³/mol. The summed E-state index contributed by atoms with van der Waals surface area (Å²) >= 11 is 0. The highest BCUT2D eigenvalue weighted by Gasteiger charge is 2.32. The lowest BCUT2D eigenvalue weighted by Crippen LogP contribution is -2.46. The van der Waals surface area contributed by atoms with Gasteiger partial charge < -0.3 is 10.6 Å². The molecule has 3 aromatic rings. The molecule has 0 aliphatic heterocycles. The first-order chi connectivity index (χ1) is 17.8. The summed E-state index contributed by atoms with van der Waals surface area (Å²) in [5, 5.41) is 6.46. The molecule has 5 rings (SSSR count). The number of amides is 2. The van der Waals surface area contributed by atoms with E-state index in [0.717, 1.165) is 32.1 Å². The Balaban J connectivity index is 1.41. The molecule has 2 amide bonds. The molecule has 194 valence electrons. The molecule has 2 aliphatic rings. The fourth-order valence-electron chi connectivity index (χ4n) is 5.37. The van der Waals surface area contributed by atoms with Crippen molar-refractivity contribution in [3.63, 3.8) is 0 Å². The molecule has 2 atom stereocenters. The number of carbonyl (C=O) groups is 2. The van der Waals surface area contributed by atoms with Gasteiger partial charge in [-0.05, 0) is 75.8 Å². The van der Waals surface area contributed by atoms with Crippen LogP contribution < -0.4 is 21.9 Å². The highest BCUT2D eigenvalue weighted by atomic mass is 16.2. The SMILES string of the molecule is CC(C)n1c(=O)n(CC2CC2)c(=O)c2cc(NC(=O)C3CCCCC3NC(=O)c3ccccc3)ccc21. The number of benzene rings is 2. The van der Waals surface area contributed by atoms with Crippen molar-refractivity contribution in [1.82, 2.24) is 14.5 Å². The summed E-state index contributed by atoms with van der Waals surface area (Å²) in [5.74, 6) is -0.347. The number of aromatic nitrogens is 2. The Morgan fingerprint density at radius 3 is 2.41 bits per heavy atom. The molecule has 2 unspecified atom stereocenters. The number of rotatable bonds is 7. The second kappa shape index (κ2) is 10.4. The van der Waals surface area contributed by atoms with Crippen LogP contribution in [0, 0.1) is 11.8 Å². The van der Waals surface area contributed by atoms with E-state index in [-0.39, 0.29) is 41.1 Å². The van der Waals surface area contributed by atoms with Crippen LogP contribution in [0.25, 0.3) is 10.9 Å². The minimum absolute atomic E-state index is 0.113. The van der Waals surface area contributed by atoms with E-state index in [4.69, 9.17) is 0 Å². The molecule has 2 aromatic carbocycles. The van der Waals surface area contributed by atoms with Gasteiger partial charge in [-0.15, -0.1) is 0 Å². The van der Waals surface area contributed by atoms with Gasteiger partial charge >= 0.3 is 5.69 Å². The Morgan fingerprint density at radius 2 is 1.70 bits per heavy atom. The van der Waals surface area contributed by atoms with Gasteiger partial charge in [0.2, 0.25) is 5.91 Å². The van der Waals surface area contributed by atoms with Crippen LogP contribution in [0.1, 0.15) is 68.8 Å². The number of hydrogen-bond acceptors (Lipinski definition) is 4. The van der Waals surface area contributed by atoms with E-state index < -0.39 is 0 Å². The fourth-order valence-corrected chi connectivity index (χ4v) is 5.37. The lowest BCUT2D eigenvalue weighted by Gasteiger charge is -2.31. The van der Waals surface area contributed by atoms with Gasteiger partial charge in [-0.3, -0.25) is 23.5 Å². The third kappa shape index (κ3) is 5.24. The average Bonchev–Trinajstić information content (AvgIpc) is 3.72. The van der Waals surface area contributed by atoms with Crippen LogP contribution in [0.5, 0.6) is 0 Å². The summed E-state index contributed by atoms with van der Waals surface area (Å²) < 4.78 is 3.00. The van der Waals surface area contributed by atoms with Gasteiger partial charge in [-0.1, -0.05) is 31.0 Å². The molecular weight excluding hydrogens is 468 g/mol. The van der Waals surface area contributed by atoms with E-state index in [1.165, 1.54) is 4.57 Å². The van der Waals surface area contributed by atoms with E-state index in [1.54, 1.807) is 34.9 Å². The van der Waals surface area contributed by atoms with Gasteiger partial charge in [0, 0.05) is 29.9 Å². The van der Waals surface area contributed by atoms with Crippen LogP contribution >= 0.6 is 0 Å². The maximum atomic E-state index is 13.4. The topological polar surface area (TPSA) is 102 Å². The maximum absolute atomic E-state index is 13.4. The highest BCUT2D eigenvalue weighted by Crippen LogP contribution is 2.30. The summed E-state index contributed by atoms with van der Waals surface area (Å²) in [4.78, 5) is 52.6. The van der Waals surface area contributed by atoms with E-state index >= 15 is 0 Å². The van der Waals surface area contributed by atoms with E-state index in [0.29, 0.717) is 41.0 Å². The van der Waals surface area contributed by atoms with Crippen molar-refractivity contribution >= 4 is 28.4 Å². The van der Waals surface area contributed by atoms with E-state index in [1.807, 2.05) is 32.0 Å². The van der Waals surface area contributed by atoms with Gasteiger partial charge in [0.05, 0.1) is 16.8 Å². The van der Waals surface area contributed by atoms with Gasteiger partial charge in [0.1, 0.15) is 0 Å². The monoisotopic (exact) mass is 502 g/mol. The quantitative estimate of drug-likeness (QED) is 0.508. The molecule has 1 aromatic heterocycles. The van der Waals surface area contributed by atoms with E-state index in [9.17, 15) is 19.2 Å². The Hall–Kier alpha value is -3.68. The van der Waals surface area contributed by atoms with Crippen LogP contribution in [-0.2, 0) is 11.3 Å². The van der Waals surface area contributed by atoms with Gasteiger partial charge in [-0.25, -0.2) is 4.79 Å². The number of carbonyl (C=O) groups excluding carboxylic acids is 2. The molecule has 0 saturated heterocycles. The zero-order valence-electron chi connectivity index (χ0n) is 21.4. The predicted octanol–water partition coefficient (Wildman–Crippen LogP) is 4.08. The lowest BCUT2D eigenvalue weighted by molar-refractivity contribution is -0.121. The molecule has 2 saturated carbocycles. The van der Waals surface area contributed by atoms with E-state index in [2.05, 4.69) is 10.6 Å². The van der Waals surface area contributed by atoms with Gasteiger partial charge in [0.25, 0.3) is 11.5 Å². The molecule has 0 spiro atoms. The van der Waals surface area contributed by atoms with Crippen LogP contribution in [0.4, 0.5) is 5.69 Å². The van der Waals surface area contributed by atoms with Crippen LogP contribution in [0.3, 0.4) is 0 Å². The molecule has 37 heavy (non-hydrogen) atoms. The molecule has 8 heteroatoms. The number of fused-ring (bicyclic) bond motifs is 1. The van der Waals surface area contributed by atoms with Crippen molar-refractivity contribution in [3.8, 4) is 0 Å². The molecule has 0 bridgehead atoms. The lowest BCUT2D eigenvalue weighted by atomic mass is 9.83. The second-order valence-corrected chi connectivity index (χ2v) is 10.7. The third-order valence-corrected chi connectivity index (χ3v) is 7.55. The molecule has 0 radical (unpaired) electrons. The fraction of sp³-hybridized carbons (Fsp3) is 0.448. The highest BCUT2D eigenvalue weighted by molar-refractivity contribution is 5.97. The molecule has 8 nitrogen and oxygen atoms in total. The van der Waals surface area contributed by atoms with Crippen molar-refractivity contribution in [2.45, 2.75) is 71.0 Å². The minimum atomic E-state index is -0.367. The van der Waals surface area contributed by atoms with Crippen molar-refractivity contribution < 1.29 is 9.59 Å². The summed E-state index contributed by atoms with van der Waals surface area (Å²) in [7, 11) is 0. The normalized spacial score (nSPS) is 19.6. The zero-order chi connectivity index (χ0) is 26.1. The van der Waals surface area contributed by atoms with Crippen LogP contribution in [0.2, 0.25) is 0 Å². The Morgan fingerprint density at radius 1 is 0.973 bits per heavy atom. The first kappa shape index (κ1) is 25.0. The third-order valence-electron chi connectivity index (χ3n) is 7.55. The van der Waals surface area contributed by atoms with Crippen molar-refractivity contribution in [3.05, 3.63) is 74.9 Å². The van der Waals surface area contributed by atoms with Gasteiger partial charge in [0.15, 0.2) is 0 Å². The van der Waals surface area contributed by atoms with Crippen molar-refractivity contribution in [2.24, 2.45) is 11.8 Å². The molecule has 2 fully saturated rings. The Kier molecular flexibility index (Phi) is 7.00. The zero-order valence-corrected chi connectivity index (χ0v) is 21.4. The smallest absolute Gasteiger partial charge is 0.331 e. The number of hydrogen-bond donors (Lipinski definition) is 2. The van der Waals surface area contributed by atoms with Crippen molar-refractivity contribution in [2.75, 3.05) is 5.32 Å². The Labute approximate surface area is 215 Å². The summed E-state index contributed by atoms with van der Waals surface area (Å²) in [6.45, 7) is 4.28. The minimum Gasteiger partial charge on any atom is -0.349 e. The number of nitrogens with zero attached hydrogens (tertiary/aromatic N) is 2. The first-order valence-electron chi connectivity index (χ1n) is 13.3. The van der Waals surface area contributed by atoms with Crippen LogP contribution in [0.15, 0.2) is 58.1 Å². The second-order valence-electron chi connectivity index (χ2n) is 10.7. The standard InChI is InChI=1S/C29H34N4O4/c1-18(2)33-25-15-14-21(16-23(25)28(36)32(29(33)37)17-19-12-13-19)30-27(35)22-10-6-7-11-24(22)31-26(34)20-8-4-3-5-9-20/h3-5,8-9,14-16,18-19,22,24H,6-7,10-13,17H2,1-2H3,(H,30,35)(H,31,34). The van der Waals surface area contributed by atoms with Gasteiger partial charge in [-0.2, -0.15) is 0 Å². The maximum Gasteiger partial charge on any atom is 0.331 e. The average molecular weight is 503 g/mol. The molecular formula is C29H34N4O4. The van der Waals surface area contributed by atoms with Crippen LogP contribution in [-0.4, -0.2) is 27.0 Å². The summed E-state index contributed by atoms with van der Waals surface area (Å²) in [6, 6.07) is 13.8. The number of anilines is 1. The summed E-state index contributed by atoms with van der Waals surface area (Å²) in [6.07, 6.45) is 5.35. The first-order valence-corrected chi connectivity index (χ1v) is 13.3. The molecule has 2 aliphatic carbocycles. The molecule has 1 heterocycles. The largest absolute Gasteiger partial charge is 0.349 e.